The van der Waals surface area contributed by atoms with Gasteiger partial charge in [0.15, 0.2) is 0 Å². The topological polar surface area (TPSA) is 41.6 Å². The van der Waals surface area contributed by atoms with Gasteiger partial charge in [-0.25, -0.2) is 4.79 Å². The summed E-state index contributed by atoms with van der Waals surface area (Å²) in [6, 6.07) is 4.51. The third kappa shape index (κ3) is 5.61. The Morgan fingerprint density at radius 3 is 2.95 bits per heavy atom. The van der Waals surface area contributed by atoms with Crippen molar-refractivity contribution in [2.75, 3.05) is 19.6 Å². The standard InChI is InChI=1S/C17H28N2O2S/c1-17(2,3)21-16(20)19-11-5-4-7-14(19)13-18-10-9-15-8-6-12-22-15/h6,8,12,14,18H,4-5,7,9-11,13H2,1-3H3. The van der Waals surface area contributed by atoms with Crippen LogP contribution in [0.3, 0.4) is 0 Å². The minimum Gasteiger partial charge on any atom is -0.444 e. The van der Waals surface area contributed by atoms with Crippen LogP contribution < -0.4 is 5.32 Å². The number of ether oxygens (including phenoxy) is 1. The van der Waals surface area contributed by atoms with E-state index in [9.17, 15) is 4.79 Å². The normalized spacial score (nSPS) is 19.2. The quantitative estimate of drug-likeness (QED) is 0.840. The zero-order chi connectivity index (χ0) is 16.0. The van der Waals surface area contributed by atoms with E-state index in [-0.39, 0.29) is 12.1 Å². The molecule has 0 saturated carbocycles. The highest BCUT2D eigenvalue weighted by Gasteiger charge is 2.29. The number of hydrogen-bond donors (Lipinski definition) is 1. The van der Waals surface area contributed by atoms with Crippen molar-refractivity contribution in [3.63, 3.8) is 0 Å². The second-order valence-electron chi connectivity index (χ2n) is 6.86. The molecule has 1 N–H and O–H groups in total. The largest absolute Gasteiger partial charge is 0.444 e. The van der Waals surface area contributed by atoms with Gasteiger partial charge in [0.2, 0.25) is 0 Å². The first-order chi connectivity index (χ1) is 10.5. The fourth-order valence-electron chi connectivity index (χ4n) is 2.71. The van der Waals surface area contributed by atoms with E-state index in [1.54, 1.807) is 11.3 Å². The maximum absolute atomic E-state index is 12.3. The number of nitrogens with one attached hydrogen (secondary N) is 1. The van der Waals surface area contributed by atoms with Crippen molar-refractivity contribution in [1.29, 1.82) is 0 Å². The number of likely N-dealkylation sites (tertiary alicyclic amines) is 1. The fourth-order valence-corrected chi connectivity index (χ4v) is 3.42. The van der Waals surface area contributed by atoms with Gasteiger partial charge >= 0.3 is 6.09 Å². The monoisotopic (exact) mass is 324 g/mol. The average Bonchev–Trinajstić information content (AvgIpc) is 2.95. The summed E-state index contributed by atoms with van der Waals surface area (Å²) < 4.78 is 5.53. The molecule has 5 heteroatoms. The Bertz CT molecular complexity index is 454. The van der Waals surface area contributed by atoms with E-state index < -0.39 is 5.60 Å². The Morgan fingerprint density at radius 1 is 1.45 bits per heavy atom. The van der Waals surface area contributed by atoms with E-state index in [2.05, 4.69) is 22.8 Å². The van der Waals surface area contributed by atoms with Crippen LogP contribution in [0.1, 0.15) is 44.9 Å². The molecule has 1 saturated heterocycles. The maximum Gasteiger partial charge on any atom is 0.410 e. The summed E-state index contributed by atoms with van der Waals surface area (Å²) in [7, 11) is 0. The number of thiophene rings is 1. The lowest BCUT2D eigenvalue weighted by atomic mass is 10.0. The number of hydrogen-bond acceptors (Lipinski definition) is 4. The molecule has 1 aliphatic heterocycles. The predicted molar refractivity (Wildman–Crippen MR) is 91.5 cm³/mol. The van der Waals surface area contributed by atoms with E-state index in [4.69, 9.17) is 4.74 Å². The van der Waals surface area contributed by atoms with Gasteiger partial charge in [-0.1, -0.05) is 6.07 Å². The number of nitrogens with zero attached hydrogens (tertiary/aromatic N) is 1. The van der Waals surface area contributed by atoms with Gasteiger partial charge < -0.3 is 15.0 Å². The SMILES string of the molecule is CC(C)(C)OC(=O)N1CCCCC1CNCCc1cccs1. The molecule has 0 radical (unpaired) electrons. The molecular formula is C17H28N2O2S. The molecule has 124 valence electrons. The molecule has 1 aliphatic rings. The number of carbonyl (C=O) groups excluding carboxylic acids is 1. The van der Waals surface area contributed by atoms with Crippen molar-refractivity contribution < 1.29 is 9.53 Å². The predicted octanol–water partition coefficient (Wildman–Crippen LogP) is 3.67. The van der Waals surface area contributed by atoms with E-state index in [1.165, 1.54) is 11.3 Å². The van der Waals surface area contributed by atoms with Crippen LogP contribution in [0.5, 0.6) is 0 Å². The van der Waals surface area contributed by atoms with E-state index in [0.717, 1.165) is 38.9 Å². The van der Waals surface area contributed by atoms with Gasteiger partial charge in [-0.15, -0.1) is 11.3 Å². The number of piperidine rings is 1. The molecule has 1 amide bonds. The highest BCUT2D eigenvalue weighted by Crippen LogP contribution is 2.20. The molecule has 1 aromatic heterocycles. The fraction of sp³-hybridized carbons (Fsp3) is 0.706. The Hall–Kier alpha value is -1.07. The lowest BCUT2D eigenvalue weighted by Gasteiger charge is -2.37. The van der Waals surface area contributed by atoms with Gasteiger partial charge in [0.25, 0.3) is 0 Å². The molecule has 0 spiro atoms. The van der Waals surface area contributed by atoms with E-state index in [1.807, 2.05) is 25.7 Å². The molecule has 0 aliphatic carbocycles. The summed E-state index contributed by atoms with van der Waals surface area (Å²) in [5.41, 5.74) is -0.425. The lowest BCUT2D eigenvalue weighted by Crippen LogP contribution is -2.50. The van der Waals surface area contributed by atoms with Gasteiger partial charge in [0.1, 0.15) is 5.60 Å². The second-order valence-corrected chi connectivity index (χ2v) is 7.89. The minimum atomic E-state index is -0.425. The zero-order valence-electron chi connectivity index (χ0n) is 13.9. The molecule has 4 nitrogen and oxygen atoms in total. The second kappa shape index (κ2) is 7.97. The summed E-state index contributed by atoms with van der Waals surface area (Å²) in [5, 5.41) is 5.61. The maximum atomic E-state index is 12.3. The van der Waals surface area contributed by atoms with Crippen LogP contribution in [0.15, 0.2) is 17.5 Å². The van der Waals surface area contributed by atoms with Crippen LogP contribution in [-0.4, -0.2) is 42.3 Å². The highest BCUT2D eigenvalue weighted by molar-refractivity contribution is 7.09. The summed E-state index contributed by atoms with van der Waals surface area (Å²) in [4.78, 5) is 15.6. The van der Waals surface area contributed by atoms with Crippen LogP contribution in [0.25, 0.3) is 0 Å². The third-order valence-electron chi connectivity index (χ3n) is 3.76. The summed E-state index contributed by atoms with van der Waals surface area (Å²) in [6.07, 6.45) is 4.21. The Labute approximate surface area is 137 Å². The molecule has 1 unspecified atom stereocenters. The van der Waals surface area contributed by atoms with Crippen molar-refractivity contribution >= 4 is 17.4 Å². The highest BCUT2D eigenvalue weighted by atomic mass is 32.1. The molecule has 1 fully saturated rings. The molecule has 22 heavy (non-hydrogen) atoms. The molecule has 0 bridgehead atoms. The van der Waals surface area contributed by atoms with Crippen LogP contribution in [-0.2, 0) is 11.2 Å². The van der Waals surface area contributed by atoms with E-state index in [0.29, 0.717) is 0 Å². The Kier molecular flexibility index (Phi) is 6.26. The summed E-state index contributed by atoms with van der Waals surface area (Å²) in [6.45, 7) is 8.38. The third-order valence-corrected chi connectivity index (χ3v) is 4.70. The molecule has 2 rings (SSSR count). The van der Waals surface area contributed by atoms with Crippen molar-refractivity contribution in [2.45, 2.75) is 58.1 Å². The minimum absolute atomic E-state index is 0.169. The summed E-state index contributed by atoms with van der Waals surface area (Å²) >= 11 is 1.80. The van der Waals surface area contributed by atoms with Crippen molar-refractivity contribution in [1.82, 2.24) is 10.2 Å². The van der Waals surface area contributed by atoms with Crippen LogP contribution in [0.4, 0.5) is 4.79 Å². The van der Waals surface area contributed by atoms with E-state index >= 15 is 0 Å². The molecule has 1 aromatic rings. The molecule has 1 atom stereocenters. The smallest absolute Gasteiger partial charge is 0.410 e. The first kappa shape index (κ1) is 17.3. The molecule has 2 heterocycles. The van der Waals surface area contributed by atoms with Crippen molar-refractivity contribution in [3.05, 3.63) is 22.4 Å². The number of amides is 1. The Morgan fingerprint density at radius 2 is 2.27 bits per heavy atom. The van der Waals surface area contributed by atoms with Gasteiger partial charge in [0, 0.05) is 30.6 Å². The van der Waals surface area contributed by atoms with Gasteiger partial charge in [-0.3, -0.25) is 0 Å². The van der Waals surface area contributed by atoms with Crippen LogP contribution >= 0.6 is 11.3 Å². The van der Waals surface area contributed by atoms with Gasteiger partial charge in [0.05, 0.1) is 0 Å². The first-order valence-corrected chi connectivity index (χ1v) is 9.06. The lowest BCUT2D eigenvalue weighted by molar-refractivity contribution is 0.00999. The number of carbonyl (C=O) groups is 1. The van der Waals surface area contributed by atoms with Crippen molar-refractivity contribution in [2.24, 2.45) is 0 Å². The van der Waals surface area contributed by atoms with Crippen molar-refractivity contribution in [3.8, 4) is 0 Å². The average molecular weight is 324 g/mol. The number of rotatable bonds is 5. The van der Waals surface area contributed by atoms with Crippen LogP contribution in [0.2, 0.25) is 0 Å². The summed E-state index contributed by atoms with van der Waals surface area (Å²) in [5.74, 6) is 0. The zero-order valence-corrected chi connectivity index (χ0v) is 14.7. The Balaban J connectivity index is 1.77. The molecule has 0 aromatic carbocycles. The van der Waals surface area contributed by atoms with Crippen LogP contribution in [0, 0.1) is 0 Å². The van der Waals surface area contributed by atoms with Gasteiger partial charge in [-0.05, 0) is 57.9 Å². The first-order valence-electron chi connectivity index (χ1n) is 8.18. The van der Waals surface area contributed by atoms with Gasteiger partial charge in [-0.2, -0.15) is 0 Å². The molecular weight excluding hydrogens is 296 g/mol.